The first-order valence-electron chi connectivity index (χ1n) is 36.8. The highest BCUT2D eigenvalue weighted by Gasteiger charge is 2.49. The SMILES string of the molecule is c1ccc(N(c2ccccc2)c2cc3c4c(c2)N(c2cccc5sc6ccccc6c25)c2ccccc2B4c2cc4c(cc2O3)N(c2cccc3sc5ccccc5c23)c2cc(N(c3ccccc3)c3cccc5c3sc3ccccc35)cc3c2B4c2ccccc2N3c2cccc3sc4ccccc4c23)cc1. The molecule has 0 atom stereocenters. The van der Waals surface area contributed by atoms with Gasteiger partial charge in [0.25, 0.3) is 13.4 Å². The van der Waals surface area contributed by atoms with Gasteiger partial charge in [-0.3, -0.25) is 0 Å². The van der Waals surface area contributed by atoms with Gasteiger partial charge in [0.15, 0.2) is 0 Å². The van der Waals surface area contributed by atoms with Crippen LogP contribution in [0.2, 0.25) is 0 Å². The molecule has 0 unspecified atom stereocenters. The second kappa shape index (κ2) is 23.4. The minimum atomic E-state index is -0.255. The molecule has 0 spiro atoms. The van der Waals surface area contributed by atoms with E-state index in [1.165, 1.54) is 103 Å². The summed E-state index contributed by atoms with van der Waals surface area (Å²) in [5.74, 6) is 1.64. The van der Waals surface area contributed by atoms with Gasteiger partial charge < -0.3 is 29.2 Å². The monoisotopic (exact) mass is 1450 g/mol. The number of para-hydroxylation sites is 5. The summed E-state index contributed by atoms with van der Waals surface area (Å²) in [7, 11) is 0. The number of ether oxygens (including phenoxy) is 1. The Hall–Kier alpha value is -12.7. The van der Waals surface area contributed by atoms with Crippen molar-refractivity contribution in [1.82, 2.24) is 0 Å². The minimum absolute atomic E-state index is 0.248. The van der Waals surface area contributed by atoms with Crippen LogP contribution in [-0.2, 0) is 0 Å². The summed E-state index contributed by atoms with van der Waals surface area (Å²) in [5, 5.41) is 9.93. The Morgan fingerprint density at radius 2 is 0.611 bits per heavy atom. The van der Waals surface area contributed by atoms with Gasteiger partial charge in [0.2, 0.25) is 0 Å². The van der Waals surface area contributed by atoms with Gasteiger partial charge in [-0.2, -0.15) is 0 Å². The zero-order chi connectivity index (χ0) is 70.4. The summed E-state index contributed by atoms with van der Waals surface area (Å²) in [4.78, 5) is 12.8. The third-order valence-corrected chi connectivity index (χ3v) is 27.4. The predicted molar refractivity (Wildman–Crippen MR) is 467 cm³/mol. The van der Waals surface area contributed by atoms with E-state index in [2.05, 4.69) is 370 Å². The third kappa shape index (κ3) is 8.76. The quantitative estimate of drug-likeness (QED) is 0.134. The van der Waals surface area contributed by atoms with Gasteiger partial charge in [0.05, 0.1) is 38.8 Å². The van der Waals surface area contributed by atoms with Crippen LogP contribution in [0.15, 0.2) is 346 Å². The number of thiophene rings is 4. The van der Waals surface area contributed by atoms with Crippen molar-refractivity contribution in [3.8, 4) is 11.5 Å². The second-order valence-corrected chi connectivity index (χ2v) is 32.8. The maximum atomic E-state index is 8.08. The van der Waals surface area contributed by atoms with E-state index < -0.39 is 0 Å². The molecule has 4 aromatic heterocycles. The average molecular weight is 1450 g/mol. The maximum absolute atomic E-state index is 8.08. The maximum Gasteiger partial charge on any atom is 0.256 e. The highest BCUT2D eigenvalue weighted by molar-refractivity contribution is 7.27. The zero-order valence-corrected chi connectivity index (χ0v) is 61.1. The highest BCUT2D eigenvalue weighted by atomic mass is 32.1. The van der Waals surface area contributed by atoms with Gasteiger partial charge >= 0.3 is 0 Å². The molecule has 0 N–H and O–H groups in total. The molecule has 0 fully saturated rings. The molecule has 4 aliphatic heterocycles. The Bertz CT molecular complexity index is 7160. The highest BCUT2D eigenvalue weighted by Crippen LogP contribution is 2.56. The molecule has 6 nitrogen and oxygen atoms in total. The summed E-state index contributed by atoms with van der Waals surface area (Å²) in [6.07, 6.45) is 0. The Balaban J connectivity index is 0.822. The molecule has 502 valence electrons. The van der Waals surface area contributed by atoms with Crippen LogP contribution in [-0.4, -0.2) is 13.4 Å². The van der Waals surface area contributed by atoms with Crippen LogP contribution >= 0.6 is 45.3 Å². The van der Waals surface area contributed by atoms with Gasteiger partial charge in [-0.1, -0.05) is 200 Å². The summed E-state index contributed by atoms with van der Waals surface area (Å²) in [6, 6.07) is 130. The molecular weight excluding hydrogens is 1390 g/mol. The van der Waals surface area contributed by atoms with E-state index in [4.69, 9.17) is 4.74 Å². The molecule has 12 heteroatoms. The molecule has 0 bridgehead atoms. The van der Waals surface area contributed by atoms with Crippen LogP contribution in [0.3, 0.4) is 0 Å². The summed E-state index contributed by atoms with van der Waals surface area (Å²) in [5.41, 5.74) is 23.5. The Morgan fingerprint density at radius 1 is 0.231 bits per heavy atom. The van der Waals surface area contributed by atoms with Crippen LogP contribution < -0.4 is 62.0 Å². The number of benzene rings is 16. The lowest BCUT2D eigenvalue weighted by Crippen LogP contribution is -2.64. The van der Waals surface area contributed by atoms with E-state index in [1.807, 2.05) is 45.3 Å². The number of hydrogen-bond donors (Lipinski definition) is 0. The second-order valence-electron chi connectivity index (χ2n) is 28.5. The van der Waals surface area contributed by atoms with Crippen molar-refractivity contribution < 1.29 is 4.74 Å². The van der Waals surface area contributed by atoms with Gasteiger partial charge in [0, 0.05) is 139 Å². The van der Waals surface area contributed by atoms with Crippen molar-refractivity contribution in [1.29, 1.82) is 0 Å². The molecule has 0 aliphatic carbocycles. The van der Waals surface area contributed by atoms with E-state index in [9.17, 15) is 0 Å². The van der Waals surface area contributed by atoms with Crippen molar-refractivity contribution in [3.05, 3.63) is 346 Å². The normalized spacial score (nSPS) is 13.2. The van der Waals surface area contributed by atoms with Crippen LogP contribution in [0.5, 0.6) is 11.5 Å². The summed E-state index contributed by atoms with van der Waals surface area (Å²) < 4.78 is 18.1. The lowest BCUT2D eigenvalue weighted by atomic mass is 9.30. The molecule has 0 saturated carbocycles. The standard InChI is InChI=1S/C96H57B2N5OS4/c1-4-26-58(27-5-1)99(59-28-6-2-7-29-59)62-54-81-95-83(55-62)104-82-57-78-70(56-71(82)98(95)69-38-15-17-40-73(69)102(81)75-42-24-50-89-92(75)66-34-12-20-47-86(66)106-89)97-68-37-14-16-39-72(68)101(74-41-23-49-88-91(74)65-33-11-19-46-85(65)105-88)79-52-61(53-80(94(79)97)103(78)76-43-25-51-90-93(76)67-35-13-21-48-87(67)107-90)100(60-30-8-3-9-31-60)77-44-22-36-64-63-32-10-18-45-84(63)108-96(64)77/h1-57H. The molecule has 0 amide bonds. The molecule has 108 heavy (non-hydrogen) atoms. The lowest BCUT2D eigenvalue weighted by Gasteiger charge is -2.46. The van der Waals surface area contributed by atoms with Crippen molar-refractivity contribution in [3.63, 3.8) is 0 Å². The first-order chi connectivity index (χ1) is 53.6. The van der Waals surface area contributed by atoms with E-state index >= 15 is 0 Å². The van der Waals surface area contributed by atoms with Crippen molar-refractivity contribution >= 4 is 258 Å². The van der Waals surface area contributed by atoms with Crippen LogP contribution in [0.25, 0.3) is 80.7 Å². The number of anilines is 15. The van der Waals surface area contributed by atoms with Crippen molar-refractivity contribution in [2.24, 2.45) is 0 Å². The largest absolute Gasteiger partial charge is 0.458 e. The van der Waals surface area contributed by atoms with Crippen molar-refractivity contribution in [2.75, 3.05) is 24.5 Å². The fraction of sp³-hybridized carbons (Fsp3) is 0. The molecule has 16 aromatic carbocycles. The van der Waals surface area contributed by atoms with Gasteiger partial charge in [-0.05, 0) is 166 Å². The number of fused-ring (bicyclic) bond motifs is 20. The molecule has 0 radical (unpaired) electrons. The first kappa shape index (κ1) is 60.6. The zero-order valence-electron chi connectivity index (χ0n) is 57.8. The van der Waals surface area contributed by atoms with E-state index in [1.54, 1.807) is 0 Å². The Morgan fingerprint density at radius 3 is 1.13 bits per heavy atom. The number of nitrogens with zero attached hydrogens (tertiary/aromatic N) is 5. The van der Waals surface area contributed by atoms with Gasteiger partial charge in [-0.15, -0.1) is 45.3 Å². The topological polar surface area (TPSA) is 25.4 Å². The summed E-state index contributed by atoms with van der Waals surface area (Å²) in [6.45, 7) is -0.503. The molecule has 4 aliphatic rings. The predicted octanol–water partition coefficient (Wildman–Crippen LogP) is 24.6. The third-order valence-electron chi connectivity index (χ3n) is 22.8. The van der Waals surface area contributed by atoms with Crippen LogP contribution in [0.1, 0.15) is 0 Å². The molecule has 20 aromatic rings. The smallest absolute Gasteiger partial charge is 0.256 e. The molecular formula is C96H57B2N5OS4. The molecule has 0 saturated heterocycles. The Kier molecular flexibility index (Phi) is 13.1. The van der Waals surface area contributed by atoms with Gasteiger partial charge in [0.1, 0.15) is 11.5 Å². The fourth-order valence-corrected chi connectivity index (χ4v) is 23.1. The molecule has 24 rings (SSSR count). The van der Waals surface area contributed by atoms with Crippen LogP contribution in [0.4, 0.5) is 85.3 Å². The fourth-order valence-electron chi connectivity index (χ4n) is 18.5. The van der Waals surface area contributed by atoms with E-state index in [0.717, 1.165) is 108 Å². The van der Waals surface area contributed by atoms with Crippen LogP contribution in [0, 0.1) is 0 Å². The number of hydrogen-bond acceptors (Lipinski definition) is 10. The number of rotatable bonds is 9. The lowest BCUT2D eigenvalue weighted by molar-refractivity contribution is 0.488. The summed E-state index contributed by atoms with van der Waals surface area (Å²) >= 11 is 7.47. The van der Waals surface area contributed by atoms with Gasteiger partial charge in [-0.25, -0.2) is 0 Å². The molecule has 8 heterocycles. The Labute approximate surface area is 639 Å². The van der Waals surface area contributed by atoms with E-state index in [0.29, 0.717) is 0 Å². The van der Waals surface area contributed by atoms with E-state index in [-0.39, 0.29) is 13.4 Å². The average Bonchev–Trinajstić information content (AvgIpc) is 1.08. The first-order valence-corrected chi connectivity index (χ1v) is 40.0. The minimum Gasteiger partial charge on any atom is -0.458 e. The van der Waals surface area contributed by atoms with Crippen molar-refractivity contribution in [2.45, 2.75) is 0 Å².